The lowest BCUT2D eigenvalue weighted by molar-refractivity contribution is 0.0785. The molecule has 1 amide bonds. The Hall–Kier alpha value is -3.32. The van der Waals surface area contributed by atoms with Crippen LogP contribution in [0.2, 0.25) is 0 Å². The van der Waals surface area contributed by atoms with Crippen molar-refractivity contribution in [2.45, 2.75) is 11.4 Å². The van der Waals surface area contributed by atoms with Crippen LogP contribution < -0.4 is 9.04 Å². The van der Waals surface area contributed by atoms with Crippen LogP contribution in [0.5, 0.6) is 5.75 Å². The monoisotopic (exact) mass is 424 g/mol. The molecule has 0 heterocycles. The second kappa shape index (κ2) is 9.00. The van der Waals surface area contributed by atoms with Gasteiger partial charge in [-0.05, 0) is 48.0 Å². The van der Waals surface area contributed by atoms with Crippen molar-refractivity contribution in [1.82, 2.24) is 4.90 Å². The van der Waals surface area contributed by atoms with Gasteiger partial charge in [-0.2, -0.15) is 0 Å². The van der Waals surface area contributed by atoms with E-state index in [4.69, 9.17) is 4.74 Å². The van der Waals surface area contributed by atoms with Gasteiger partial charge in [0, 0.05) is 26.2 Å². The zero-order valence-corrected chi connectivity index (χ0v) is 18.0. The third kappa shape index (κ3) is 4.63. The predicted molar refractivity (Wildman–Crippen MR) is 117 cm³/mol. The number of nitrogens with zero attached hydrogens (tertiary/aromatic N) is 2. The highest BCUT2D eigenvalue weighted by atomic mass is 32.2. The number of sulfonamides is 1. The number of methoxy groups -OCH3 is 1. The summed E-state index contributed by atoms with van der Waals surface area (Å²) in [5, 5.41) is 0. The van der Waals surface area contributed by atoms with Crippen LogP contribution in [-0.4, -0.2) is 40.4 Å². The molecule has 0 fully saturated rings. The molecule has 0 unspecified atom stereocenters. The summed E-state index contributed by atoms with van der Waals surface area (Å²) in [6, 6.07) is 22.4. The van der Waals surface area contributed by atoms with Crippen LogP contribution in [0.25, 0.3) is 0 Å². The molecule has 0 spiro atoms. The van der Waals surface area contributed by atoms with Crippen LogP contribution >= 0.6 is 0 Å². The topological polar surface area (TPSA) is 66.9 Å². The van der Waals surface area contributed by atoms with Gasteiger partial charge in [-0.1, -0.05) is 36.4 Å². The lowest BCUT2D eigenvalue weighted by atomic mass is 10.1. The minimum atomic E-state index is -3.83. The highest BCUT2D eigenvalue weighted by Crippen LogP contribution is 2.25. The zero-order valence-electron chi connectivity index (χ0n) is 17.1. The molecule has 3 aromatic rings. The maximum absolute atomic E-state index is 13.1. The largest absolute Gasteiger partial charge is 0.497 e. The summed E-state index contributed by atoms with van der Waals surface area (Å²) in [5.74, 6) is 0.390. The number of hydrogen-bond acceptors (Lipinski definition) is 4. The molecule has 3 rings (SSSR count). The Morgan fingerprint density at radius 2 is 1.57 bits per heavy atom. The minimum absolute atomic E-state index is 0.0554. The van der Waals surface area contributed by atoms with E-state index in [9.17, 15) is 13.2 Å². The maximum atomic E-state index is 13.1. The van der Waals surface area contributed by atoms with Crippen molar-refractivity contribution in [3.63, 3.8) is 0 Å². The van der Waals surface area contributed by atoms with Gasteiger partial charge in [0.1, 0.15) is 5.75 Å². The first-order chi connectivity index (χ1) is 14.3. The number of carbonyl (C=O) groups excluding carboxylic acids is 1. The molecule has 0 aliphatic heterocycles. The summed E-state index contributed by atoms with van der Waals surface area (Å²) in [4.78, 5) is 14.5. The number of rotatable bonds is 7. The molecule has 0 aliphatic carbocycles. The van der Waals surface area contributed by atoms with E-state index in [0.29, 0.717) is 23.5 Å². The first kappa shape index (κ1) is 21.4. The standard InChI is InChI=1S/C23H24N2O4S/c1-24(17-18-8-5-4-6-9-18)23(26)19-10-7-11-22(16-19)30(27,28)25(2)20-12-14-21(29-3)15-13-20/h4-16H,17H2,1-3H3. The number of amides is 1. The van der Waals surface area contributed by atoms with Gasteiger partial charge < -0.3 is 9.64 Å². The summed E-state index contributed by atoms with van der Waals surface area (Å²) in [5.41, 5.74) is 1.81. The van der Waals surface area contributed by atoms with E-state index < -0.39 is 10.0 Å². The van der Waals surface area contributed by atoms with Crippen molar-refractivity contribution in [3.05, 3.63) is 90.0 Å². The van der Waals surface area contributed by atoms with Gasteiger partial charge in [0.05, 0.1) is 17.7 Å². The molecular weight excluding hydrogens is 400 g/mol. The second-order valence-corrected chi connectivity index (χ2v) is 8.81. The zero-order chi connectivity index (χ0) is 21.7. The fourth-order valence-corrected chi connectivity index (χ4v) is 4.27. The third-order valence-corrected chi connectivity index (χ3v) is 6.57. The van der Waals surface area contributed by atoms with Gasteiger partial charge in [0.2, 0.25) is 0 Å². The Kier molecular flexibility index (Phi) is 6.42. The first-order valence-corrected chi connectivity index (χ1v) is 10.8. The molecule has 0 bridgehead atoms. The van der Waals surface area contributed by atoms with Crippen molar-refractivity contribution < 1.29 is 17.9 Å². The van der Waals surface area contributed by atoms with Gasteiger partial charge in [0.15, 0.2) is 0 Å². The van der Waals surface area contributed by atoms with Crippen LogP contribution in [0.1, 0.15) is 15.9 Å². The summed E-state index contributed by atoms with van der Waals surface area (Å²) < 4.78 is 32.5. The van der Waals surface area contributed by atoms with E-state index >= 15 is 0 Å². The highest BCUT2D eigenvalue weighted by molar-refractivity contribution is 7.92. The molecule has 0 radical (unpaired) electrons. The molecule has 0 saturated carbocycles. The van der Waals surface area contributed by atoms with Gasteiger partial charge >= 0.3 is 0 Å². The lowest BCUT2D eigenvalue weighted by Crippen LogP contribution is -2.28. The van der Waals surface area contributed by atoms with Gasteiger partial charge in [0.25, 0.3) is 15.9 Å². The van der Waals surface area contributed by atoms with Crippen LogP contribution in [0.15, 0.2) is 83.8 Å². The van der Waals surface area contributed by atoms with E-state index in [2.05, 4.69) is 0 Å². The second-order valence-electron chi connectivity index (χ2n) is 6.85. The van der Waals surface area contributed by atoms with Gasteiger partial charge in [-0.15, -0.1) is 0 Å². The van der Waals surface area contributed by atoms with E-state index in [1.807, 2.05) is 30.3 Å². The van der Waals surface area contributed by atoms with Crippen molar-refractivity contribution >= 4 is 21.6 Å². The molecule has 30 heavy (non-hydrogen) atoms. The van der Waals surface area contributed by atoms with Gasteiger partial charge in [-0.3, -0.25) is 9.10 Å². The quantitative estimate of drug-likeness (QED) is 0.579. The summed E-state index contributed by atoms with van der Waals surface area (Å²) in [7, 11) is 0.892. The third-order valence-electron chi connectivity index (χ3n) is 4.78. The molecule has 0 aliphatic rings. The molecule has 0 N–H and O–H groups in total. The smallest absolute Gasteiger partial charge is 0.264 e. The predicted octanol–water partition coefficient (Wildman–Crippen LogP) is 3.79. The average molecular weight is 425 g/mol. The highest BCUT2D eigenvalue weighted by Gasteiger charge is 2.23. The summed E-state index contributed by atoms with van der Waals surface area (Å²) in [6.07, 6.45) is 0. The first-order valence-electron chi connectivity index (χ1n) is 9.35. The van der Waals surface area contributed by atoms with Crippen LogP contribution in [0.3, 0.4) is 0 Å². The van der Waals surface area contributed by atoms with Crippen molar-refractivity contribution in [2.24, 2.45) is 0 Å². The van der Waals surface area contributed by atoms with Crippen LogP contribution in [0, 0.1) is 0 Å². The Labute approximate surface area is 177 Å². The molecular formula is C23H24N2O4S. The van der Waals surface area contributed by atoms with E-state index in [0.717, 1.165) is 5.56 Å². The number of ether oxygens (including phenoxy) is 1. The molecule has 156 valence electrons. The lowest BCUT2D eigenvalue weighted by Gasteiger charge is -2.21. The van der Waals surface area contributed by atoms with Crippen molar-refractivity contribution in [2.75, 3.05) is 25.5 Å². The summed E-state index contributed by atoms with van der Waals surface area (Å²) >= 11 is 0. The molecule has 0 aromatic heterocycles. The molecule has 0 atom stereocenters. The van der Waals surface area contributed by atoms with E-state index in [1.165, 1.54) is 23.5 Å². The molecule has 3 aromatic carbocycles. The SMILES string of the molecule is COc1ccc(N(C)S(=O)(=O)c2cccc(C(=O)N(C)Cc3ccccc3)c2)cc1. The Balaban J connectivity index is 1.83. The van der Waals surface area contributed by atoms with Crippen molar-refractivity contribution in [1.29, 1.82) is 0 Å². The average Bonchev–Trinajstić information content (AvgIpc) is 2.78. The Morgan fingerprint density at radius 3 is 2.20 bits per heavy atom. The number of hydrogen-bond donors (Lipinski definition) is 0. The normalized spacial score (nSPS) is 11.0. The Bertz CT molecular complexity index is 1110. The summed E-state index contributed by atoms with van der Waals surface area (Å²) in [6.45, 7) is 0.433. The maximum Gasteiger partial charge on any atom is 0.264 e. The fourth-order valence-electron chi connectivity index (χ4n) is 3.03. The minimum Gasteiger partial charge on any atom is -0.497 e. The molecule has 6 nitrogen and oxygen atoms in total. The Morgan fingerprint density at radius 1 is 0.900 bits per heavy atom. The van der Waals surface area contributed by atoms with Crippen molar-refractivity contribution in [3.8, 4) is 5.75 Å². The van der Waals surface area contributed by atoms with Gasteiger partial charge in [-0.25, -0.2) is 8.42 Å². The van der Waals surface area contributed by atoms with Crippen LogP contribution in [0.4, 0.5) is 5.69 Å². The van der Waals surface area contributed by atoms with E-state index in [-0.39, 0.29) is 10.8 Å². The fraction of sp³-hybridized carbons (Fsp3) is 0.174. The molecule has 0 saturated heterocycles. The number of anilines is 1. The van der Waals surface area contributed by atoms with Crippen LogP contribution in [-0.2, 0) is 16.6 Å². The molecule has 7 heteroatoms. The number of carbonyl (C=O) groups is 1. The van der Waals surface area contributed by atoms with E-state index in [1.54, 1.807) is 55.5 Å². The number of benzene rings is 3.